The van der Waals surface area contributed by atoms with Crippen molar-refractivity contribution in [2.45, 2.75) is 31.1 Å². The van der Waals surface area contributed by atoms with Gasteiger partial charge in [-0.05, 0) is 43.3 Å². The number of benzene rings is 1. The molecule has 18 heavy (non-hydrogen) atoms. The molecule has 0 aromatic heterocycles. The second-order valence-corrected chi connectivity index (χ2v) is 5.54. The lowest BCUT2D eigenvalue weighted by molar-refractivity contribution is -0.116. The maximum Gasteiger partial charge on any atom is 0.225 e. The zero-order valence-corrected chi connectivity index (χ0v) is 11.6. The highest BCUT2D eigenvalue weighted by Gasteiger charge is 2.17. The van der Waals surface area contributed by atoms with Gasteiger partial charge < -0.3 is 10.6 Å². The van der Waals surface area contributed by atoms with Crippen LogP contribution in [0.4, 0.5) is 5.69 Å². The number of amides is 1. The molecule has 0 spiro atoms. The molecule has 1 aromatic carbocycles. The second kappa shape index (κ2) is 6.81. The van der Waals surface area contributed by atoms with Gasteiger partial charge in [-0.2, -0.15) is 11.8 Å². The predicted molar refractivity (Wildman–Crippen MR) is 77.9 cm³/mol. The van der Waals surface area contributed by atoms with Gasteiger partial charge in [0, 0.05) is 23.9 Å². The summed E-state index contributed by atoms with van der Waals surface area (Å²) in [5.41, 5.74) is 2.18. The van der Waals surface area contributed by atoms with E-state index in [4.69, 9.17) is 0 Å². The number of carbonyl (C=O) groups is 1. The SMILES string of the molecule is CSCc1ccc(NC(=O)CC2CCCN2)cc1. The Kier molecular flexibility index (Phi) is 5.08. The van der Waals surface area contributed by atoms with E-state index < -0.39 is 0 Å². The van der Waals surface area contributed by atoms with Crippen molar-refractivity contribution in [1.82, 2.24) is 5.32 Å². The number of carbonyl (C=O) groups excluding carboxylic acids is 1. The minimum atomic E-state index is 0.104. The first-order valence-electron chi connectivity index (χ1n) is 6.39. The van der Waals surface area contributed by atoms with Gasteiger partial charge >= 0.3 is 0 Å². The largest absolute Gasteiger partial charge is 0.326 e. The van der Waals surface area contributed by atoms with Crippen molar-refractivity contribution >= 4 is 23.4 Å². The zero-order valence-electron chi connectivity index (χ0n) is 10.7. The fourth-order valence-electron chi connectivity index (χ4n) is 2.22. The summed E-state index contributed by atoms with van der Waals surface area (Å²) in [4.78, 5) is 11.8. The summed E-state index contributed by atoms with van der Waals surface area (Å²) in [6.45, 7) is 1.04. The average Bonchev–Trinajstić information content (AvgIpc) is 2.84. The van der Waals surface area contributed by atoms with Crippen molar-refractivity contribution in [3.05, 3.63) is 29.8 Å². The van der Waals surface area contributed by atoms with E-state index in [0.29, 0.717) is 12.5 Å². The fourth-order valence-corrected chi connectivity index (χ4v) is 2.74. The number of hydrogen-bond donors (Lipinski definition) is 2. The second-order valence-electron chi connectivity index (χ2n) is 4.68. The van der Waals surface area contributed by atoms with Crippen molar-refractivity contribution in [2.24, 2.45) is 0 Å². The smallest absolute Gasteiger partial charge is 0.225 e. The lowest BCUT2D eigenvalue weighted by Crippen LogP contribution is -2.27. The van der Waals surface area contributed by atoms with Gasteiger partial charge in [-0.1, -0.05) is 12.1 Å². The molecular weight excluding hydrogens is 244 g/mol. The van der Waals surface area contributed by atoms with E-state index >= 15 is 0 Å². The van der Waals surface area contributed by atoms with E-state index in [9.17, 15) is 4.79 Å². The van der Waals surface area contributed by atoms with Crippen LogP contribution in [0.5, 0.6) is 0 Å². The minimum absolute atomic E-state index is 0.104. The summed E-state index contributed by atoms with van der Waals surface area (Å²) in [6, 6.07) is 8.46. The number of thioether (sulfide) groups is 1. The molecule has 1 heterocycles. The van der Waals surface area contributed by atoms with Crippen LogP contribution < -0.4 is 10.6 Å². The molecule has 0 saturated carbocycles. The van der Waals surface area contributed by atoms with Crippen molar-refractivity contribution < 1.29 is 4.79 Å². The maximum atomic E-state index is 11.8. The van der Waals surface area contributed by atoms with E-state index in [0.717, 1.165) is 24.4 Å². The summed E-state index contributed by atoms with van der Waals surface area (Å²) in [6.07, 6.45) is 4.96. The Morgan fingerprint density at radius 2 is 2.22 bits per heavy atom. The Morgan fingerprint density at radius 3 is 2.83 bits per heavy atom. The quantitative estimate of drug-likeness (QED) is 0.859. The molecule has 2 rings (SSSR count). The van der Waals surface area contributed by atoms with E-state index in [1.165, 1.54) is 12.0 Å². The van der Waals surface area contributed by atoms with Crippen LogP contribution in [0.1, 0.15) is 24.8 Å². The van der Waals surface area contributed by atoms with Crippen LogP contribution in [0, 0.1) is 0 Å². The number of hydrogen-bond acceptors (Lipinski definition) is 3. The molecule has 98 valence electrons. The molecule has 1 unspecified atom stereocenters. The van der Waals surface area contributed by atoms with Gasteiger partial charge in [-0.15, -0.1) is 0 Å². The highest BCUT2D eigenvalue weighted by molar-refractivity contribution is 7.97. The molecule has 3 nitrogen and oxygen atoms in total. The van der Waals surface area contributed by atoms with E-state index in [2.05, 4.69) is 29.0 Å². The third kappa shape index (κ3) is 4.03. The number of nitrogens with one attached hydrogen (secondary N) is 2. The Labute approximate surface area is 113 Å². The molecule has 4 heteroatoms. The van der Waals surface area contributed by atoms with Crippen LogP contribution >= 0.6 is 11.8 Å². The third-order valence-corrected chi connectivity index (χ3v) is 3.76. The monoisotopic (exact) mass is 264 g/mol. The molecule has 1 aliphatic rings. The van der Waals surface area contributed by atoms with Gasteiger partial charge in [0.15, 0.2) is 0 Å². The lowest BCUT2D eigenvalue weighted by atomic mass is 10.1. The molecule has 1 fully saturated rings. The van der Waals surface area contributed by atoms with Gasteiger partial charge in [0.2, 0.25) is 5.91 Å². The Morgan fingerprint density at radius 1 is 1.44 bits per heavy atom. The summed E-state index contributed by atoms with van der Waals surface area (Å²) in [5.74, 6) is 1.12. The van der Waals surface area contributed by atoms with Gasteiger partial charge in [-0.25, -0.2) is 0 Å². The fraction of sp³-hybridized carbons (Fsp3) is 0.500. The first-order chi connectivity index (χ1) is 8.78. The van der Waals surface area contributed by atoms with Gasteiger partial charge in [-0.3, -0.25) is 4.79 Å². The first kappa shape index (κ1) is 13.4. The normalized spacial score (nSPS) is 18.8. The Bertz CT molecular complexity index is 385. The maximum absolute atomic E-state index is 11.8. The molecule has 1 aromatic rings. The van der Waals surface area contributed by atoms with E-state index in [1.54, 1.807) is 11.8 Å². The lowest BCUT2D eigenvalue weighted by Gasteiger charge is -2.10. The molecule has 0 bridgehead atoms. The minimum Gasteiger partial charge on any atom is -0.326 e. The van der Waals surface area contributed by atoms with E-state index in [-0.39, 0.29) is 5.91 Å². The van der Waals surface area contributed by atoms with Crippen LogP contribution in [0.15, 0.2) is 24.3 Å². The Balaban J connectivity index is 1.82. The standard InChI is InChI=1S/C14H20N2OS/c1-18-10-11-4-6-12(7-5-11)16-14(17)9-13-3-2-8-15-13/h4-7,13,15H,2-3,8-10H2,1H3,(H,16,17). The summed E-state index contributed by atoms with van der Waals surface area (Å²) >= 11 is 1.80. The molecule has 0 radical (unpaired) electrons. The topological polar surface area (TPSA) is 41.1 Å². The zero-order chi connectivity index (χ0) is 12.8. The number of anilines is 1. The van der Waals surface area contributed by atoms with Crippen molar-refractivity contribution in [3.63, 3.8) is 0 Å². The van der Waals surface area contributed by atoms with Gasteiger partial charge in [0.25, 0.3) is 0 Å². The van der Waals surface area contributed by atoms with Crippen molar-refractivity contribution in [2.75, 3.05) is 18.1 Å². The molecule has 2 N–H and O–H groups in total. The summed E-state index contributed by atoms with van der Waals surface area (Å²) in [5, 5.41) is 6.29. The molecule has 0 aliphatic carbocycles. The third-order valence-electron chi connectivity index (χ3n) is 3.14. The molecule has 1 amide bonds. The van der Waals surface area contributed by atoms with Gasteiger partial charge in [0.05, 0.1) is 0 Å². The highest BCUT2D eigenvalue weighted by Crippen LogP contribution is 2.15. The molecule has 1 atom stereocenters. The summed E-state index contributed by atoms with van der Waals surface area (Å²) < 4.78 is 0. The van der Waals surface area contributed by atoms with Crippen LogP contribution in [-0.4, -0.2) is 24.7 Å². The molecule has 1 saturated heterocycles. The number of rotatable bonds is 5. The summed E-state index contributed by atoms with van der Waals surface area (Å²) in [7, 11) is 0. The van der Waals surface area contributed by atoms with Crippen LogP contribution in [0.25, 0.3) is 0 Å². The van der Waals surface area contributed by atoms with Crippen LogP contribution in [0.3, 0.4) is 0 Å². The van der Waals surface area contributed by atoms with E-state index in [1.807, 2.05) is 12.1 Å². The Hall–Kier alpha value is -1.00. The van der Waals surface area contributed by atoms with Gasteiger partial charge in [0.1, 0.15) is 0 Å². The van der Waals surface area contributed by atoms with Crippen molar-refractivity contribution in [3.8, 4) is 0 Å². The van der Waals surface area contributed by atoms with Crippen molar-refractivity contribution in [1.29, 1.82) is 0 Å². The average molecular weight is 264 g/mol. The van der Waals surface area contributed by atoms with Crippen LogP contribution in [0.2, 0.25) is 0 Å². The highest BCUT2D eigenvalue weighted by atomic mass is 32.2. The first-order valence-corrected chi connectivity index (χ1v) is 7.78. The predicted octanol–water partition coefficient (Wildman–Crippen LogP) is 2.63. The molecule has 1 aliphatic heterocycles. The molecular formula is C14H20N2OS. The van der Waals surface area contributed by atoms with Crippen LogP contribution in [-0.2, 0) is 10.5 Å².